The smallest absolute Gasteiger partial charge is 0.0229 e. The lowest BCUT2D eigenvalue weighted by Crippen LogP contribution is -2.32. The minimum Gasteiger partial charge on any atom is -0.324 e. The third-order valence-electron chi connectivity index (χ3n) is 2.77. The quantitative estimate of drug-likeness (QED) is 0.680. The SMILES string of the molecule is CCN(CC(C)C)CC1C=CC(N)C1. The van der Waals surface area contributed by atoms with E-state index in [9.17, 15) is 0 Å². The Kier molecular flexibility index (Phi) is 4.63. The number of nitrogens with two attached hydrogens (primary N) is 1. The maximum absolute atomic E-state index is 5.84. The van der Waals surface area contributed by atoms with Crippen molar-refractivity contribution in [3.05, 3.63) is 12.2 Å². The van der Waals surface area contributed by atoms with Gasteiger partial charge in [0.25, 0.3) is 0 Å². The Hall–Kier alpha value is -0.340. The summed E-state index contributed by atoms with van der Waals surface area (Å²) < 4.78 is 0. The summed E-state index contributed by atoms with van der Waals surface area (Å²) in [6.45, 7) is 10.3. The summed E-state index contributed by atoms with van der Waals surface area (Å²) in [4.78, 5) is 2.53. The zero-order valence-electron chi connectivity index (χ0n) is 9.74. The average molecular weight is 196 g/mol. The van der Waals surface area contributed by atoms with Crippen LogP contribution in [0, 0.1) is 11.8 Å². The van der Waals surface area contributed by atoms with E-state index in [1.165, 1.54) is 13.1 Å². The van der Waals surface area contributed by atoms with Crippen molar-refractivity contribution in [2.75, 3.05) is 19.6 Å². The van der Waals surface area contributed by atoms with Crippen LogP contribution in [0.3, 0.4) is 0 Å². The summed E-state index contributed by atoms with van der Waals surface area (Å²) in [5.74, 6) is 1.44. The fourth-order valence-corrected chi connectivity index (χ4v) is 2.12. The Labute approximate surface area is 88.2 Å². The fraction of sp³-hybridized carbons (Fsp3) is 0.833. The Morgan fingerprint density at radius 1 is 1.43 bits per heavy atom. The second-order valence-corrected chi connectivity index (χ2v) is 4.79. The molecule has 14 heavy (non-hydrogen) atoms. The average Bonchev–Trinajstić information content (AvgIpc) is 2.49. The minimum absolute atomic E-state index is 0.303. The zero-order valence-corrected chi connectivity index (χ0v) is 9.74. The van der Waals surface area contributed by atoms with Crippen LogP contribution in [-0.2, 0) is 0 Å². The standard InChI is InChI=1S/C12H24N2/c1-4-14(8-10(2)3)9-11-5-6-12(13)7-11/h5-6,10-12H,4,7-9,13H2,1-3H3. The number of rotatable bonds is 5. The van der Waals surface area contributed by atoms with Crippen LogP contribution in [0.25, 0.3) is 0 Å². The molecule has 0 aromatic carbocycles. The van der Waals surface area contributed by atoms with Crippen molar-refractivity contribution in [1.82, 2.24) is 4.90 Å². The van der Waals surface area contributed by atoms with Crippen molar-refractivity contribution in [2.24, 2.45) is 17.6 Å². The molecular formula is C12H24N2. The molecule has 82 valence electrons. The largest absolute Gasteiger partial charge is 0.324 e. The highest BCUT2D eigenvalue weighted by atomic mass is 15.1. The molecule has 2 atom stereocenters. The molecule has 1 aliphatic rings. The molecule has 1 rings (SSSR count). The molecular weight excluding hydrogens is 172 g/mol. The molecule has 0 spiro atoms. The molecule has 0 radical (unpaired) electrons. The summed E-state index contributed by atoms with van der Waals surface area (Å²) in [5, 5.41) is 0. The predicted molar refractivity (Wildman–Crippen MR) is 62.2 cm³/mol. The van der Waals surface area contributed by atoms with Gasteiger partial charge in [-0.3, -0.25) is 0 Å². The third kappa shape index (κ3) is 3.81. The van der Waals surface area contributed by atoms with E-state index >= 15 is 0 Å². The van der Waals surface area contributed by atoms with Crippen molar-refractivity contribution >= 4 is 0 Å². The molecule has 0 amide bonds. The summed E-state index contributed by atoms with van der Waals surface area (Å²) in [5.41, 5.74) is 5.84. The van der Waals surface area contributed by atoms with Gasteiger partial charge in [0, 0.05) is 19.1 Å². The van der Waals surface area contributed by atoms with Gasteiger partial charge in [-0.2, -0.15) is 0 Å². The van der Waals surface area contributed by atoms with Gasteiger partial charge in [0.2, 0.25) is 0 Å². The maximum Gasteiger partial charge on any atom is 0.0229 e. The van der Waals surface area contributed by atoms with Gasteiger partial charge < -0.3 is 10.6 Å². The topological polar surface area (TPSA) is 29.3 Å². The molecule has 0 aromatic heterocycles. The molecule has 0 fully saturated rings. The van der Waals surface area contributed by atoms with E-state index in [2.05, 4.69) is 37.8 Å². The van der Waals surface area contributed by atoms with Crippen molar-refractivity contribution in [2.45, 2.75) is 33.2 Å². The van der Waals surface area contributed by atoms with Crippen LogP contribution >= 0.6 is 0 Å². The van der Waals surface area contributed by atoms with Gasteiger partial charge in [0.05, 0.1) is 0 Å². The van der Waals surface area contributed by atoms with E-state index in [1.54, 1.807) is 0 Å². The van der Waals surface area contributed by atoms with Gasteiger partial charge in [-0.05, 0) is 24.8 Å². The number of nitrogens with zero attached hydrogens (tertiary/aromatic N) is 1. The first-order chi connectivity index (χ1) is 6.61. The molecule has 0 saturated carbocycles. The van der Waals surface area contributed by atoms with Crippen LogP contribution in [0.4, 0.5) is 0 Å². The van der Waals surface area contributed by atoms with Gasteiger partial charge in [-0.15, -0.1) is 0 Å². The number of hydrogen-bond donors (Lipinski definition) is 1. The lowest BCUT2D eigenvalue weighted by Gasteiger charge is -2.25. The van der Waals surface area contributed by atoms with E-state index in [0.29, 0.717) is 12.0 Å². The van der Waals surface area contributed by atoms with E-state index in [4.69, 9.17) is 5.73 Å². The minimum atomic E-state index is 0.303. The zero-order chi connectivity index (χ0) is 10.6. The molecule has 0 heterocycles. The van der Waals surface area contributed by atoms with E-state index in [0.717, 1.165) is 18.9 Å². The van der Waals surface area contributed by atoms with E-state index < -0.39 is 0 Å². The van der Waals surface area contributed by atoms with Crippen molar-refractivity contribution < 1.29 is 0 Å². The lowest BCUT2D eigenvalue weighted by atomic mass is 10.1. The molecule has 2 nitrogen and oxygen atoms in total. The first kappa shape index (κ1) is 11.7. The molecule has 1 aliphatic carbocycles. The van der Waals surface area contributed by atoms with Crippen LogP contribution < -0.4 is 5.73 Å². The van der Waals surface area contributed by atoms with Crippen LogP contribution in [0.15, 0.2) is 12.2 Å². The van der Waals surface area contributed by atoms with Crippen molar-refractivity contribution in [3.63, 3.8) is 0 Å². The molecule has 2 unspecified atom stereocenters. The maximum atomic E-state index is 5.84. The third-order valence-corrected chi connectivity index (χ3v) is 2.77. The second-order valence-electron chi connectivity index (χ2n) is 4.79. The van der Waals surface area contributed by atoms with Crippen LogP contribution in [0.1, 0.15) is 27.2 Å². The van der Waals surface area contributed by atoms with Gasteiger partial charge in [-0.25, -0.2) is 0 Å². The fourth-order valence-electron chi connectivity index (χ4n) is 2.12. The summed E-state index contributed by atoms with van der Waals surface area (Å²) in [6.07, 6.45) is 5.57. The molecule has 0 aromatic rings. The predicted octanol–water partition coefficient (Wildman–Crippen LogP) is 1.87. The highest BCUT2D eigenvalue weighted by molar-refractivity contribution is 5.05. The molecule has 0 bridgehead atoms. The summed E-state index contributed by atoms with van der Waals surface area (Å²) in [7, 11) is 0. The molecule has 2 N–H and O–H groups in total. The van der Waals surface area contributed by atoms with E-state index in [-0.39, 0.29) is 0 Å². The number of hydrogen-bond acceptors (Lipinski definition) is 2. The lowest BCUT2D eigenvalue weighted by molar-refractivity contribution is 0.231. The van der Waals surface area contributed by atoms with Crippen molar-refractivity contribution in [1.29, 1.82) is 0 Å². The normalized spacial score (nSPS) is 26.7. The van der Waals surface area contributed by atoms with Gasteiger partial charge in [-0.1, -0.05) is 32.9 Å². The Balaban J connectivity index is 2.30. The highest BCUT2D eigenvalue weighted by Gasteiger charge is 2.18. The summed E-state index contributed by atoms with van der Waals surface area (Å²) >= 11 is 0. The first-order valence-corrected chi connectivity index (χ1v) is 5.78. The molecule has 2 heteroatoms. The van der Waals surface area contributed by atoms with Gasteiger partial charge in [0.15, 0.2) is 0 Å². The van der Waals surface area contributed by atoms with Crippen molar-refractivity contribution in [3.8, 4) is 0 Å². The monoisotopic (exact) mass is 196 g/mol. The van der Waals surface area contributed by atoms with Gasteiger partial charge >= 0.3 is 0 Å². The summed E-state index contributed by atoms with van der Waals surface area (Å²) in [6, 6.07) is 0.303. The van der Waals surface area contributed by atoms with Crippen LogP contribution in [0.5, 0.6) is 0 Å². The molecule has 0 saturated heterocycles. The second kappa shape index (κ2) is 5.52. The van der Waals surface area contributed by atoms with Crippen LogP contribution in [0.2, 0.25) is 0 Å². The Bertz CT molecular complexity index is 187. The van der Waals surface area contributed by atoms with Crippen LogP contribution in [-0.4, -0.2) is 30.6 Å². The Morgan fingerprint density at radius 3 is 2.57 bits per heavy atom. The van der Waals surface area contributed by atoms with Gasteiger partial charge in [0.1, 0.15) is 0 Å². The first-order valence-electron chi connectivity index (χ1n) is 5.78. The van der Waals surface area contributed by atoms with E-state index in [1.807, 2.05) is 0 Å². The Morgan fingerprint density at radius 2 is 2.14 bits per heavy atom. The molecule has 0 aliphatic heterocycles. The highest BCUT2D eigenvalue weighted by Crippen LogP contribution is 2.17.